The number of hydrogen-bond donors (Lipinski definition) is 4. The minimum absolute atomic E-state index is 0.00726. The summed E-state index contributed by atoms with van der Waals surface area (Å²) in [5.41, 5.74) is 13.1. The number of rotatable bonds is 16. The van der Waals surface area contributed by atoms with Gasteiger partial charge in [-0.2, -0.15) is 0 Å². The predicted molar refractivity (Wildman–Crippen MR) is 204 cm³/mol. The summed E-state index contributed by atoms with van der Waals surface area (Å²) in [6.07, 6.45) is 12.5. The van der Waals surface area contributed by atoms with Gasteiger partial charge < -0.3 is 26.8 Å². The van der Waals surface area contributed by atoms with Crippen LogP contribution in [0.3, 0.4) is 0 Å². The monoisotopic (exact) mass is 685 g/mol. The number of unbranched alkanes of at least 4 members (excludes halogenated alkanes) is 3. The molecule has 3 unspecified atom stereocenters. The van der Waals surface area contributed by atoms with Gasteiger partial charge in [-0.05, 0) is 71.9 Å². The fourth-order valence-electron chi connectivity index (χ4n) is 3.56. The molecular formula is C38H73ClN4O4. The summed E-state index contributed by atoms with van der Waals surface area (Å²) in [7, 11) is 3.05. The van der Waals surface area contributed by atoms with Crippen molar-refractivity contribution in [1.29, 1.82) is 0 Å². The molecule has 0 aliphatic heterocycles. The van der Waals surface area contributed by atoms with Gasteiger partial charge in [0.1, 0.15) is 0 Å². The van der Waals surface area contributed by atoms with E-state index in [1.165, 1.54) is 38.4 Å². The Labute approximate surface area is 295 Å². The number of carbonyl (C=O) groups excluding carboxylic acids is 2. The number of hydrogen-bond acceptors (Lipinski definition) is 6. The normalized spacial score (nSPS) is 12.6. The number of carbonyl (C=O) groups is 2. The van der Waals surface area contributed by atoms with Crippen LogP contribution in [-0.2, 0) is 18.6 Å². The molecule has 47 heavy (non-hydrogen) atoms. The maximum absolute atomic E-state index is 12.6. The Morgan fingerprint density at radius 1 is 0.936 bits per heavy atom. The average Bonchev–Trinajstić information content (AvgIpc) is 3.01. The van der Waals surface area contributed by atoms with E-state index in [0.717, 1.165) is 18.0 Å². The minimum atomic E-state index is -0.196. The highest BCUT2D eigenvalue weighted by Gasteiger charge is 2.23. The third-order valence-corrected chi connectivity index (χ3v) is 6.35. The zero-order valence-corrected chi connectivity index (χ0v) is 32.8. The van der Waals surface area contributed by atoms with Crippen LogP contribution in [0.15, 0.2) is 54.1 Å². The summed E-state index contributed by atoms with van der Waals surface area (Å²) in [6, 6.07) is 10.3. The van der Waals surface area contributed by atoms with Crippen LogP contribution in [0.4, 0.5) is 0 Å². The van der Waals surface area contributed by atoms with Crippen molar-refractivity contribution in [2.24, 2.45) is 29.2 Å². The maximum Gasteiger partial charge on any atom is 0.239 e. The molecule has 0 heterocycles. The highest BCUT2D eigenvalue weighted by Crippen LogP contribution is 2.21. The molecule has 8 nitrogen and oxygen atoms in total. The molecule has 1 aromatic carbocycles. The Bertz CT molecular complexity index is 873. The van der Waals surface area contributed by atoms with Gasteiger partial charge in [0.2, 0.25) is 11.8 Å². The van der Waals surface area contributed by atoms with Crippen LogP contribution in [0.1, 0.15) is 106 Å². The molecule has 0 aliphatic rings. The maximum atomic E-state index is 12.6. The Morgan fingerprint density at radius 2 is 1.49 bits per heavy atom. The fraction of sp³-hybridized carbons (Fsp3) is 0.684. The lowest BCUT2D eigenvalue weighted by Crippen LogP contribution is -2.43. The van der Waals surface area contributed by atoms with E-state index in [2.05, 4.69) is 73.5 Å². The Hall–Kier alpha value is -2.23. The number of halogens is 1. The van der Waals surface area contributed by atoms with Crippen LogP contribution < -0.4 is 22.1 Å². The zero-order valence-electron chi connectivity index (χ0n) is 32.0. The number of allylic oxidation sites excluding steroid dienone is 3. The topological polar surface area (TPSA) is 129 Å². The van der Waals surface area contributed by atoms with E-state index in [0.29, 0.717) is 19.4 Å². The number of amides is 2. The fourth-order valence-corrected chi connectivity index (χ4v) is 3.56. The molecule has 0 aliphatic carbocycles. The van der Waals surface area contributed by atoms with Crippen LogP contribution in [0, 0.1) is 24.7 Å². The van der Waals surface area contributed by atoms with Crippen molar-refractivity contribution in [3.8, 4) is 0 Å². The van der Waals surface area contributed by atoms with Crippen molar-refractivity contribution in [3.63, 3.8) is 0 Å². The Kier molecular flexibility index (Phi) is 42.0. The standard InChI is InChI=1S/C20H37N3O3.C7H8.C6H15N.C4H10.CH3ClO/c1-7-17(9-8-16(5)26-6)12-18(14(2)3)20(25)22-13-19(24)23-15(4)10-11-21;1-7-5-3-2-4-6-7;1-2-3-4-5-6-7;1-4(2)3;1-3-2/h7-9,14-16,18H,10-13,21H2,1-6H3,(H,22,25)(H,23,24);2-6H,1H3;2-7H2,1H3;4H,1-3H3;1H3/b9-8-,17-7+;;;;. The average molecular weight is 685 g/mol. The van der Waals surface area contributed by atoms with Gasteiger partial charge in [0.15, 0.2) is 0 Å². The molecule has 0 spiro atoms. The lowest BCUT2D eigenvalue weighted by molar-refractivity contribution is -0.129. The third-order valence-electron chi connectivity index (χ3n) is 6.35. The Balaban J connectivity index is -0.000000351. The molecule has 2 amide bonds. The van der Waals surface area contributed by atoms with Gasteiger partial charge in [0.25, 0.3) is 0 Å². The summed E-state index contributed by atoms with van der Waals surface area (Å²) in [5, 5.41) is 5.58. The van der Waals surface area contributed by atoms with E-state index in [4.69, 9.17) is 16.2 Å². The first kappa shape index (κ1) is 51.6. The number of methoxy groups -OCH3 is 1. The second-order valence-electron chi connectivity index (χ2n) is 12.4. The second kappa shape index (κ2) is 38.2. The van der Waals surface area contributed by atoms with E-state index in [-0.39, 0.29) is 42.3 Å². The van der Waals surface area contributed by atoms with Crippen molar-refractivity contribution < 1.29 is 18.6 Å². The lowest BCUT2D eigenvalue weighted by atomic mass is 9.88. The van der Waals surface area contributed by atoms with Crippen molar-refractivity contribution >= 4 is 23.7 Å². The number of benzene rings is 1. The van der Waals surface area contributed by atoms with Gasteiger partial charge in [-0.15, -0.1) is 0 Å². The van der Waals surface area contributed by atoms with E-state index in [1.54, 1.807) is 7.11 Å². The SMILES string of the molecule is C/C=C(\C=C/C(C)OC)CC(C(=O)NCC(=O)NC(C)CCN)C(C)C.CC(C)C.CCCCCCN.COCl.Cc1ccccc1. The van der Waals surface area contributed by atoms with Crippen LogP contribution in [0.25, 0.3) is 0 Å². The largest absolute Gasteiger partial charge is 0.378 e. The molecule has 276 valence electrons. The first-order chi connectivity index (χ1) is 22.2. The summed E-state index contributed by atoms with van der Waals surface area (Å²) < 4.78 is 8.94. The van der Waals surface area contributed by atoms with Gasteiger partial charge in [-0.25, -0.2) is 0 Å². The lowest BCUT2D eigenvalue weighted by Gasteiger charge is -2.21. The van der Waals surface area contributed by atoms with Gasteiger partial charge in [-0.3, -0.25) is 13.9 Å². The minimum Gasteiger partial charge on any atom is -0.378 e. The van der Waals surface area contributed by atoms with E-state index in [1.807, 2.05) is 71.0 Å². The van der Waals surface area contributed by atoms with Crippen molar-refractivity contribution in [2.45, 2.75) is 120 Å². The van der Waals surface area contributed by atoms with Crippen LogP contribution >= 0.6 is 11.9 Å². The van der Waals surface area contributed by atoms with Crippen molar-refractivity contribution in [3.05, 3.63) is 59.7 Å². The molecule has 9 heteroatoms. The van der Waals surface area contributed by atoms with Crippen LogP contribution in [-0.4, -0.2) is 57.8 Å². The van der Waals surface area contributed by atoms with Crippen LogP contribution in [0.2, 0.25) is 0 Å². The summed E-state index contributed by atoms with van der Waals surface area (Å²) in [5.74, 6) is 0.506. The van der Waals surface area contributed by atoms with Crippen molar-refractivity contribution in [1.82, 2.24) is 10.6 Å². The zero-order chi connectivity index (χ0) is 37.0. The molecule has 3 atom stereocenters. The molecule has 6 N–H and O–H groups in total. The third kappa shape index (κ3) is 41.7. The van der Waals surface area contributed by atoms with E-state index >= 15 is 0 Å². The molecule has 0 radical (unpaired) electrons. The van der Waals surface area contributed by atoms with Crippen LogP contribution in [0.5, 0.6) is 0 Å². The van der Waals surface area contributed by atoms with Gasteiger partial charge in [-0.1, -0.05) is 121 Å². The molecule has 0 saturated heterocycles. The van der Waals surface area contributed by atoms with Gasteiger partial charge in [0.05, 0.1) is 31.6 Å². The molecule has 0 fully saturated rings. The highest BCUT2D eigenvalue weighted by atomic mass is 35.5. The van der Waals surface area contributed by atoms with E-state index in [9.17, 15) is 9.59 Å². The molecular weight excluding hydrogens is 612 g/mol. The summed E-state index contributed by atoms with van der Waals surface area (Å²) in [4.78, 5) is 24.5. The van der Waals surface area contributed by atoms with Gasteiger partial charge in [0, 0.05) is 19.1 Å². The quantitative estimate of drug-likeness (QED) is 0.103. The first-order valence-corrected chi connectivity index (χ1v) is 17.5. The molecule has 1 aromatic rings. The summed E-state index contributed by atoms with van der Waals surface area (Å²) >= 11 is 4.50. The summed E-state index contributed by atoms with van der Waals surface area (Å²) in [6.45, 7) is 22.0. The predicted octanol–water partition coefficient (Wildman–Crippen LogP) is 8.13. The molecule has 1 rings (SSSR count). The van der Waals surface area contributed by atoms with Crippen molar-refractivity contribution in [2.75, 3.05) is 33.9 Å². The highest BCUT2D eigenvalue weighted by molar-refractivity contribution is 6.07. The number of aryl methyl sites for hydroxylation is 1. The number of nitrogens with two attached hydrogens (primary N) is 2. The Morgan fingerprint density at radius 3 is 1.87 bits per heavy atom. The second-order valence-corrected chi connectivity index (χ2v) is 12.7. The molecule has 0 saturated carbocycles. The molecule has 0 aromatic heterocycles. The van der Waals surface area contributed by atoms with Gasteiger partial charge >= 0.3 is 0 Å². The first-order valence-electron chi connectivity index (χ1n) is 17.2. The van der Waals surface area contributed by atoms with E-state index < -0.39 is 0 Å². The molecule has 0 bridgehead atoms. The smallest absolute Gasteiger partial charge is 0.239 e. The number of ether oxygens (including phenoxy) is 1. The number of nitrogens with one attached hydrogen (secondary N) is 2.